The largest absolute Gasteiger partial charge is 3.00 e. The summed E-state index contributed by atoms with van der Waals surface area (Å²) in [5.41, 5.74) is 19.6. The molecule has 0 radical (unpaired) electrons. The van der Waals surface area contributed by atoms with Crippen LogP contribution in [0.1, 0.15) is 0 Å². The maximum Gasteiger partial charge on any atom is 3.00 e. The van der Waals surface area contributed by atoms with Gasteiger partial charge in [0.1, 0.15) is 0 Å². The number of rotatable bonds is 2. The quantitative estimate of drug-likeness (QED) is 0.166. The molecule has 12 heteroatoms. The first-order chi connectivity index (χ1) is 6.66. The summed E-state index contributed by atoms with van der Waals surface area (Å²) >= 11 is 3.70. The number of hydrogen-bond donors (Lipinski definition) is 4. The SMILES string of the molecule is NCCN.NCCN.O.O=N[O-].[Cl-].[Co+3].[N-]=C=S. The Labute approximate surface area is 122 Å². The van der Waals surface area contributed by atoms with Crippen LogP contribution in [0, 0.1) is 10.1 Å². The predicted octanol–water partition coefficient (Wildman–Crippen LogP) is -5.11. The average molecular weight is 337 g/mol. The second kappa shape index (κ2) is 103. The summed E-state index contributed by atoms with van der Waals surface area (Å²) in [6.45, 7) is 2.39. The van der Waals surface area contributed by atoms with E-state index in [1.165, 1.54) is 5.16 Å². The molecule has 0 aromatic heterocycles. The van der Waals surface area contributed by atoms with Crippen molar-refractivity contribution in [3.05, 3.63) is 15.5 Å². The number of hydrogen-bond acceptors (Lipinski definition) is 8. The minimum absolute atomic E-state index is 0. The summed E-state index contributed by atoms with van der Waals surface area (Å²) in [5, 5.41) is 17.5. The van der Waals surface area contributed by atoms with E-state index in [1.54, 1.807) is 0 Å². The van der Waals surface area contributed by atoms with Crippen LogP contribution in [0.5, 0.6) is 0 Å². The van der Waals surface area contributed by atoms with Gasteiger partial charge in [0.2, 0.25) is 0 Å². The van der Waals surface area contributed by atoms with Crippen molar-refractivity contribution in [1.29, 1.82) is 0 Å². The van der Waals surface area contributed by atoms with Crippen molar-refractivity contribution in [2.45, 2.75) is 0 Å². The van der Waals surface area contributed by atoms with Crippen molar-refractivity contribution in [2.75, 3.05) is 26.2 Å². The van der Waals surface area contributed by atoms with Crippen molar-refractivity contribution in [3.63, 3.8) is 0 Å². The molecule has 10 N–H and O–H groups in total. The van der Waals surface area contributed by atoms with Gasteiger partial charge in [0, 0.05) is 26.2 Å². The normalized spacial score (nSPS) is 4.71. The maximum atomic E-state index is 8.00. The molecule has 108 valence electrons. The standard InChI is InChI=1S/2C2H8N2.CNS.ClH.Co.HNO2.H2O/c2*3-1-2-4;2-1-3;;;2-1-3;/h2*1-4H2;;1H;;(H,2,3);1H2/q;;-1;;+3;;/p-2. The summed E-state index contributed by atoms with van der Waals surface area (Å²) in [6.07, 6.45) is 0. The zero-order valence-corrected chi connectivity index (χ0v) is 11.6. The fourth-order valence-electron chi connectivity index (χ4n) is 0. The summed E-state index contributed by atoms with van der Waals surface area (Å²) in [7, 11) is 0. The second-order valence-corrected chi connectivity index (χ2v) is 1.50. The monoisotopic (exact) mass is 336 g/mol. The molecule has 0 aliphatic heterocycles. The van der Waals surface area contributed by atoms with Gasteiger partial charge in [-0.3, -0.25) is 0 Å². The first-order valence-corrected chi connectivity index (χ1v) is 3.83. The Morgan fingerprint density at radius 2 is 1.18 bits per heavy atom. The summed E-state index contributed by atoms with van der Waals surface area (Å²) in [6, 6.07) is 0. The molecular formula is C5H18ClCoN6O3S. The van der Waals surface area contributed by atoms with E-state index in [-0.39, 0.29) is 34.7 Å². The minimum atomic E-state index is 0. The molecule has 0 amide bonds. The summed E-state index contributed by atoms with van der Waals surface area (Å²) in [4.78, 5) is 8.00. The molecule has 17 heavy (non-hydrogen) atoms. The van der Waals surface area contributed by atoms with Crippen LogP contribution in [0.3, 0.4) is 0 Å². The number of thiocarbonyl (C=S) groups is 1. The Hall–Kier alpha value is -0.204. The molecule has 0 saturated carbocycles. The molecule has 0 aliphatic rings. The minimum Gasteiger partial charge on any atom is -1.00 e. The smallest absolute Gasteiger partial charge is 1.00 e. The third-order valence-electron chi connectivity index (χ3n) is 0.333. The van der Waals surface area contributed by atoms with Crippen LogP contribution in [0.25, 0.3) is 5.41 Å². The number of isothiocyanates is 1. The summed E-state index contributed by atoms with van der Waals surface area (Å²) < 4.78 is 0. The van der Waals surface area contributed by atoms with Crippen LogP contribution in [-0.2, 0) is 16.8 Å². The van der Waals surface area contributed by atoms with Crippen molar-refractivity contribution < 1.29 is 34.7 Å². The van der Waals surface area contributed by atoms with E-state index < -0.39 is 0 Å². The molecule has 0 aromatic carbocycles. The molecule has 0 aromatic rings. The molecule has 0 atom stereocenters. The third-order valence-corrected chi connectivity index (χ3v) is 0.333. The molecule has 0 bridgehead atoms. The molecule has 9 nitrogen and oxygen atoms in total. The van der Waals surface area contributed by atoms with Gasteiger partial charge >= 0.3 is 16.8 Å². The molecule has 0 spiro atoms. The molecule has 0 rings (SSSR count). The van der Waals surface area contributed by atoms with E-state index >= 15 is 0 Å². The van der Waals surface area contributed by atoms with Gasteiger partial charge in [-0.05, 0) is 0 Å². The zero-order chi connectivity index (χ0) is 12.2. The Morgan fingerprint density at radius 3 is 1.18 bits per heavy atom. The number of halogens is 1. The van der Waals surface area contributed by atoms with E-state index in [0.29, 0.717) is 26.2 Å². The topological polar surface area (TPSA) is 210 Å². The average Bonchev–Trinajstić information content (AvgIpc) is 2.20. The van der Waals surface area contributed by atoms with Crippen molar-refractivity contribution in [1.82, 2.24) is 0 Å². The molecule has 0 unspecified atom stereocenters. The Balaban J connectivity index is -0.0000000149. The van der Waals surface area contributed by atoms with E-state index in [2.05, 4.69) is 12.2 Å². The van der Waals surface area contributed by atoms with Crippen LogP contribution in [-0.4, -0.2) is 36.8 Å². The van der Waals surface area contributed by atoms with Crippen LogP contribution < -0.4 is 35.3 Å². The molecular weight excluding hydrogens is 319 g/mol. The number of nitrogens with two attached hydrogens (primary N) is 4. The molecule has 0 heterocycles. The molecule has 0 saturated heterocycles. The van der Waals surface area contributed by atoms with Crippen molar-refractivity contribution in [3.8, 4) is 0 Å². The fraction of sp³-hybridized carbons (Fsp3) is 0.800. The predicted molar refractivity (Wildman–Crippen MR) is 65.0 cm³/mol. The first kappa shape index (κ1) is 43.7. The van der Waals surface area contributed by atoms with Crippen molar-refractivity contribution >= 4 is 17.4 Å². The van der Waals surface area contributed by atoms with E-state index in [9.17, 15) is 0 Å². The van der Waals surface area contributed by atoms with Gasteiger partial charge in [0.25, 0.3) is 0 Å². The Bertz CT molecular complexity index is 114. The van der Waals surface area contributed by atoms with Gasteiger partial charge < -0.3 is 56.3 Å². The molecule has 0 aliphatic carbocycles. The van der Waals surface area contributed by atoms with Crippen LogP contribution in [0.2, 0.25) is 0 Å². The van der Waals surface area contributed by atoms with Gasteiger partial charge in [-0.2, -0.15) is 5.16 Å². The third kappa shape index (κ3) is 932. The van der Waals surface area contributed by atoms with Gasteiger partial charge in [-0.25, -0.2) is 0 Å². The number of nitrogens with zero attached hydrogens (tertiary/aromatic N) is 2. The van der Waals surface area contributed by atoms with E-state index in [1.807, 2.05) is 0 Å². The van der Waals surface area contributed by atoms with E-state index in [0.717, 1.165) is 5.34 Å². The van der Waals surface area contributed by atoms with Gasteiger partial charge in [0.05, 0.1) is 0 Å². The zero-order valence-electron chi connectivity index (χ0n) is 8.97. The maximum absolute atomic E-state index is 8.00. The van der Waals surface area contributed by atoms with Crippen LogP contribution in [0.4, 0.5) is 0 Å². The van der Waals surface area contributed by atoms with Gasteiger partial charge in [0.15, 0.2) is 0 Å². The summed E-state index contributed by atoms with van der Waals surface area (Å²) in [5.74, 6) is 0. The molecule has 0 fully saturated rings. The van der Waals surface area contributed by atoms with E-state index in [4.69, 9.17) is 38.5 Å². The first-order valence-electron chi connectivity index (χ1n) is 3.43. The van der Waals surface area contributed by atoms with Crippen molar-refractivity contribution in [2.24, 2.45) is 28.3 Å². The fourth-order valence-corrected chi connectivity index (χ4v) is 0. The van der Waals surface area contributed by atoms with Crippen LogP contribution >= 0.6 is 12.2 Å². The van der Waals surface area contributed by atoms with Gasteiger partial charge in [-0.1, -0.05) is 12.2 Å². The van der Waals surface area contributed by atoms with Crippen LogP contribution in [0.15, 0.2) is 5.34 Å². The second-order valence-electron chi connectivity index (χ2n) is 1.32. The Morgan fingerprint density at radius 1 is 1.12 bits per heavy atom. The van der Waals surface area contributed by atoms with Gasteiger partial charge in [-0.15, -0.1) is 5.34 Å². The Kier molecular flexibility index (Phi) is 264.